The van der Waals surface area contributed by atoms with Gasteiger partial charge in [-0.25, -0.2) is 0 Å². The predicted molar refractivity (Wildman–Crippen MR) is 90.3 cm³/mol. The lowest BCUT2D eigenvalue weighted by atomic mass is 9.76. The molecule has 0 aromatic carbocycles. The molecule has 2 heterocycles. The Hall–Kier alpha value is -0.870. The molecular weight excluding hydrogens is 290 g/mol. The Morgan fingerprint density at radius 3 is 2.91 bits per heavy atom. The van der Waals surface area contributed by atoms with Crippen LogP contribution >= 0.6 is 0 Å². The van der Waals surface area contributed by atoms with Crippen LogP contribution in [-0.2, 0) is 14.3 Å². The maximum atomic E-state index is 12.5. The first-order valence-corrected chi connectivity index (χ1v) is 9.36. The van der Waals surface area contributed by atoms with Gasteiger partial charge in [0.1, 0.15) is 0 Å². The van der Waals surface area contributed by atoms with Crippen LogP contribution in [0.1, 0.15) is 58.3 Å². The van der Waals surface area contributed by atoms with Crippen LogP contribution in [-0.4, -0.2) is 49.8 Å². The first kappa shape index (κ1) is 17.0. The summed E-state index contributed by atoms with van der Waals surface area (Å²) in [7, 11) is 0. The van der Waals surface area contributed by atoms with Crippen molar-refractivity contribution in [2.45, 2.75) is 64.4 Å². The molecule has 0 aromatic rings. The second-order valence-corrected chi connectivity index (χ2v) is 7.46. The van der Waals surface area contributed by atoms with E-state index in [2.05, 4.69) is 11.0 Å². The van der Waals surface area contributed by atoms with Crippen LogP contribution in [0.15, 0.2) is 11.6 Å². The fourth-order valence-corrected chi connectivity index (χ4v) is 4.20. The summed E-state index contributed by atoms with van der Waals surface area (Å²) in [5, 5.41) is 0. The molecule has 0 radical (unpaired) electrons. The second kappa shape index (κ2) is 7.80. The Balaban J connectivity index is 1.45. The standard InChI is InChI=1S/C19H31NO3/c1-2-22-14-17-13-19(15-23-17)8-10-20(11-9-19)18(21)12-16-6-4-3-5-7-16/h6,17H,2-5,7-15H2,1H3/t17-/m1/s1. The maximum Gasteiger partial charge on any atom is 0.226 e. The van der Waals surface area contributed by atoms with Gasteiger partial charge in [0, 0.05) is 26.1 Å². The van der Waals surface area contributed by atoms with Gasteiger partial charge in [0.2, 0.25) is 5.91 Å². The van der Waals surface area contributed by atoms with Gasteiger partial charge in [0.05, 0.1) is 19.3 Å². The van der Waals surface area contributed by atoms with E-state index in [0.29, 0.717) is 17.7 Å². The molecule has 1 atom stereocenters. The number of hydrogen-bond donors (Lipinski definition) is 0. The van der Waals surface area contributed by atoms with Crippen molar-refractivity contribution >= 4 is 5.91 Å². The van der Waals surface area contributed by atoms with Crippen LogP contribution in [0.3, 0.4) is 0 Å². The number of carbonyl (C=O) groups excluding carboxylic acids is 1. The number of allylic oxidation sites excluding steroid dienone is 1. The summed E-state index contributed by atoms with van der Waals surface area (Å²) in [4.78, 5) is 14.6. The zero-order valence-corrected chi connectivity index (χ0v) is 14.5. The summed E-state index contributed by atoms with van der Waals surface area (Å²) < 4.78 is 11.4. The van der Waals surface area contributed by atoms with Crippen molar-refractivity contribution in [2.75, 3.05) is 32.9 Å². The molecule has 0 aromatic heterocycles. The number of likely N-dealkylation sites (tertiary alicyclic amines) is 1. The Morgan fingerprint density at radius 1 is 1.39 bits per heavy atom. The minimum atomic E-state index is 0.254. The number of ether oxygens (including phenoxy) is 2. The van der Waals surface area contributed by atoms with Gasteiger partial charge in [-0.15, -0.1) is 0 Å². The first-order valence-electron chi connectivity index (χ1n) is 9.36. The van der Waals surface area contributed by atoms with Gasteiger partial charge < -0.3 is 14.4 Å². The van der Waals surface area contributed by atoms with Crippen molar-refractivity contribution in [1.82, 2.24) is 4.90 Å². The molecule has 130 valence electrons. The number of piperidine rings is 1. The molecule has 0 bridgehead atoms. The van der Waals surface area contributed by atoms with Crippen molar-refractivity contribution in [1.29, 1.82) is 0 Å². The SMILES string of the molecule is CCOC[C@H]1CC2(CCN(C(=O)CC3=CCCCC3)CC2)CO1. The molecule has 0 N–H and O–H groups in total. The Morgan fingerprint density at radius 2 is 2.22 bits per heavy atom. The molecule has 4 nitrogen and oxygen atoms in total. The Bertz CT molecular complexity index is 438. The van der Waals surface area contributed by atoms with Crippen LogP contribution < -0.4 is 0 Å². The summed E-state index contributed by atoms with van der Waals surface area (Å²) in [5.74, 6) is 0.331. The lowest BCUT2D eigenvalue weighted by molar-refractivity contribution is -0.132. The molecule has 3 aliphatic rings. The van der Waals surface area contributed by atoms with E-state index in [4.69, 9.17) is 9.47 Å². The summed E-state index contributed by atoms with van der Waals surface area (Å²) in [5.41, 5.74) is 1.66. The third kappa shape index (κ3) is 4.36. The van der Waals surface area contributed by atoms with Crippen LogP contribution in [0.25, 0.3) is 0 Å². The molecule has 1 amide bonds. The molecule has 1 spiro atoms. The number of rotatable bonds is 5. The highest BCUT2D eigenvalue weighted by Gasteiger charge is 2.43. The van der Waals surface area contributed by atoms with Gasteiger partial charge in [-0.3, -0.25) is 4.79 Å². The minimum Gasteiger partial charge on any atom is -0.379 e. The summed E-state index contributed by atoms with van der Waals surface area (Å²) in [6, 6.07) is 0. The Kier molecular flexibility index (Phi) is 5.76. The molecular formula is C19H31NO3. The van der Waals surface area contributed by atoms with Crippen LogP contribution in [0.2, 0.25) is 0 Å². The average Bonchev–Trinajstić information content (AvgIpc) is 2.97. The zero-order chi connectivity index (χ0) is 16.1. The monoisotopic (exact) mass is 321 g/mol. The quantitative estimate of drug-likeness (QED) is 0.729. The first-order chi connectivity index (χ1) is 11.2. The average molecular weight is 321 g/mol. The van der Waals surface area contributed by atoms with Crippen molar-refractivity contribution in [3.8, 4) is 0 Å². The van der Waals surface area contributed by atoms with E-state index in [9.17, 15) is 4.79 Å². The van der Waals surface area contributed by atoms with Gasteiger partial charge in [-0.05, 0) is 57.3 Å². The highest BCUT2D eigenvalue weighted by molar-refractivity contribution is 5.78. The Labute approximate surface area is 140 Å². The van der Waals surface area contributed by atoms with E-state index in [0.717, 1.165) is 65.0 Å². The molecule has 1 aliphatic carbocycles. The maximum absolute atomic E-state index is 12.5. The third-order valence-electron chi connectivity index (χ3n) is 5.73. The van der Waals surface area contributed by atoms with Crippen LogP contribution in [0.4, 0.5) is 0 Å². The van der Waals surface area contributed by atoms with E-state index in [1.54, 1.807) is 0 Å². The lowest BCUT2D eigenvalue weighted by Gasteiger charge is -2.38. The molecule has 4 heteroatoms. The largest absolute Gasteiger partial charge is 0.379 e. The van der Waals surface area contributed by atoms with Gasteiger partial charge in [-0.1, -0.05) is 11.6 Å². The van der Waals surface area contributed by atoms with E-state index in [1.165, 1.54) is 18.4 Å². The highest BCUT2D eigenvalue weighted by Crippen LogP contribution is 2.42. The van der Waals surface area contributed by atoms with Crippen LogP contribution in [0, 0.1) is 5.41 Å². The fourth-order valence-electron chi connectivity index (χ4n) is 4.20. The number of carbonyl (C=O) groups is 1. The smallest absolute Gasteiger partial charge is 0.226 e. The fraction of sp³-hybridized carbons (Fsp3) is 0.842. The van der Waals surface area contributed by atoms with Crippen molar-refractivity contribution < 1.29 is 14.3 Å². The molecule has 23 heavy (non-hydrogen) atoms. The van der Waals surface area contributed by atoms with E-state index < -0.39 is 0 Å². The van der Waals surface area contributed by atoms with Crippen LogP contribution in [0.5, 0.6) is 0 Å². The van der Waals surface area contributed by atoms with Crippen molar-refractivity contribution in [2.24, 2.45) is 5.41 Å². The van der Waals surface area contributed by atoms with E-state index in [-0.39, 0.29) is 6.10 Å². The minimum absolute atomic E-state index is 0.254. The van der Waals surface area contributed by atoms with E-state index in [1.807, 2.05) is 6.92 Å². The van der Waals surface area contributed by atoms with Gasteiger partial charge in [0.25, 0.3) is 0 Å². The zero-order valence-electron chi connectivity index (χ0n) is 14.5. The third-order valence-corrected chi connectivity index (χ3v) is 5.73. The molecule has 2 saturated heterocycles. The molecule has 2 aliphatic heterocycles. The van der Waals surface area contributed by atoms with Crippen molar-refractivity contribution in [3.05, 3.63) is 11.6 Å². The molecule has 2 fully saturated rings. The van der Waals surface area contributed by atoms with Crippen molar-refractivity contribution in [3.63, 3.8) is 0 Å². The molecule has 3 rings (SSSR count). The molecule has 0 unspecified atom stereocenters. The normalized spacial score (nSPS) is 27.3. The van der Waals surface area contributed by atoms with Gasteiger partial charge in [0.15, 0.2) is 0 Å². The van der Waals surface area contributed by atoms with Gasteiger partial charge >= 0.3 is 0 Å². The summed E-state index contributed by atoms with van der Waals surface area (Å²) in [6.07, 6.45) is 11.3. The lowest BCUT2D eigenvalue weighted by Crippen LogP contribution is -2.43. The predicted octanol–water partition coefficient (Wildman–Crippen LogP) is 3.31. The van der Waals surface area contributed by atoms with Gasteiger partial charge in [-0.2, -0.15) is 0 Å². The second-order valence-electron chi connectivity index (χ2n) is 7.46. The summed E-state index contributed by atoms with van der Waals surface area (Å²) >= 11 is 0. The molecule has 0 saturated carbocycles. The highest BCUT2D eigenvalue weighted by atomic mass is 16.5. The number of nitrogens with zero attached hydrogens (tertiary/aromatic N) is 1. The summed E-state index contributed by atoms with van der Waals surface area (Å²) in [6.45, 7) is 6.14. The number of amides is 1. The number of hydrogen-bond acceptors (Lipinski definition) is 3. The topological polar surface area (TPSA) is 38.8 Å². The van der Waals surface area contributed by atoms with E-state index >= 15 is 0 Å².